The fraction of sp³-hybridized carbons (Fsp3) is 0.400. The number of hydrogen-bond donors (Lipinski definition) is 3. The van der Waals surface area contributed by atoms with E-state index in [1.54, 1.807) is 24.3 Å². The van der Waals surface area contributed by atoms with Crippen molar-refractivity contribution in [3.8, 4) is 0 Å². The summed E-state index contributed by atoms with van der Waals surface area (Å²) in [6.07, 6.45) is 0.990. The summed E-state index contributed by atoms with van der Waals surface area (Å²) in [6.45, 7) is 3.92. The summed E-state index contributed by atoms with van der Waals surface area (Å²) >= 11 is 10.2. The Morgan fingerprint density at radius 3 is 2.29 bits per heavy atom. The molecule has 0 radical (unpaired) electrons. The molecular formula is C25H31ClN4O4S. The first kappa shape index (κ1) is 27.0. The average molecular weight is 519 g/mol. The Hall–Kier alpha value is -2.59. The van der Waals surface area contributed by atoms with Gasteiger partial charge < -0.3 is 20.7 Å². The lowest BCUT2D eigenvalue weighted by atomic mass is 10.1. The molecule has 0 aromatic heterocycles. The van der Waals surface area contributed by atoms with Crippen molar-refractivity contribution in [3.05, 3.63) is 64.7 Å². The van der Waals surface area contributed by atoms with Gasteiger partial charge in [0.15, 0.2) is 0 Å². The summed E-state index contributed by atoms with van der Waals surface area (Å²) in [7, 11) is 1.24. The van der Waals surface area contributed by atoms with Crippen LogP contribution in [0.4, 0.5) is 5.69 Å². The Kier molecular flexibility index (Phi) is 9.97. The number of nitrogens with two attached hydrogens (primary N) is 1. The number of nitrogens with one attached hydrogen (secondary N) is 1. The standard InChI is InChI=1S/C25H31ClN4O4S/c1-34-25(33)21(27)16-22(35)23(31)28-20-8-4-18(5-9-20)24(32)30-14-12-29(13-15-30)11-10-17-2-6-19(26)7-3-17/h2-9,21-22,35H,10-16,27H2,1H3,(H,28,31)/t21?,22-/m1/s1. The number of thiol groups is 1. The molecule has 0 saturated carbocycles. The molecule has 1 fully saturated rings. The molecule has 2 aromatic carbocycles. The number of amides is 2. The van der Waals surface area contributed by atoms with Crippen LogP contribution in [0.3, 0.4) is 0 Å². The lowest BCUT2D eigenvalue weighted by molar-refractivity contribution is -0.142. The van der Waals surface area contributed by atoms with Crippen LogP contribution in [0.2, 0.25) is 5.02 Å². The second-order valence-electron chi connectivity index (χ2n) is 8.46. The minimum Gasteiger partial charge on any atom is -0.468 e. The van der Waals surface area contributed by atoms with Gasteiger partial charge in [0.1, 0.15) is 6.04 Å². The number of hydrogen-bond acceptors (Lipinski definition) is 7. The zero-order valence-electron chi connectivity index (χ0n) is 19.7. The monoisotopic (exact) mass is 518 g/mol. The van der Waals surface area contributed by atoms with Crippen molar-refractivity contribution in [2.24, 2.45) is 5.73 Å². The predicted molar refractivity (Wildman–Crippen MR) is 140 cm³/mol. The van der Waals surface area contributed by atoms with Gasteiger partial charge in [-0.15, -0.1) is 0 Å². The quantitative estimate of drug-likeness (QED) is 0.348. The summed E-state index contributed by atoms with van der Waals surface area (Å²) in [5, 5.41) is 2.69. The average Bonchev–Trinajstić information content (AvgIpc) is 2.88. The van der Waals surface area contributed by atoms with Gasteiger partial charge in [0.25, 0.3) is 5.91 Å². The summed E-state index contributed by atoms with van der Waals surface area (Å²) in [4.78, 5) is 40.9. The molecular weight excluding hydrogens is 488 g/mol. The molecule has 1 aliphatic heterocycles. The molecule has 35 heavy (non-hydrogen) atoms. The third-order valence-corrected chi connectivity index (χ3v) is 6.67. The number of rotatable bonds is 9. The summed E-state index contributed by atoms with van der Waals surface area (Å²) in [5.41, 5.74) is 8.03. The third-order valence-electron chi connectivity index (χ3n) is 5.97. The van der Waals surface area contributed by atoms with E-state index in [0.717, 1.165) is 31.1 Å². The van der Waals surface area contributed by atoms with Crippen molar-refractivity contribution >= 4 is 47.7 Å². The van der Waals surface area contributed by atoms with Crippen molar-refractivity contribution in [2.45, 2.75) is 24.1 Å². The van der Waals surface area contributed by atoms with Crippen LogP contribution in [0.15, 0.2) is 48.5 Å². The van der Waals surface area contributed by atoms with Crippen molar-refractivity contribution in [1.29, 1.82) is 0 Å². The number of halogens is 1. The fourth-order valence-electron chi connectivity index (χ4n) is 3.81. The first-order valence-corrected chi connectivity index (χ1v) is 12.3. The lowest BCUT2D eigenvalue weighted by Gasteiger charge is -2.34. The second kappa shape index (κ2) is 12.9. The number of ether oxygens (including phenoxy) is 1. The highest BCUT2D eigenvalue weighted by Gasteiger charge is 2.24. The maximum Gasteiger partial charge on any atom is 0.322 e. The van der Waals surface area contributed by atoms with Gasteiger partial charge in [0, 0.05) is 49.0 Å². The highest BCUT2D eigenvalue weighted by molar-refractivity contribution is 7.81. The van der Waals surface area contributed by atoms with Gasteiger partial charge in [0.05, 0.1) is 12.4 Å². The Balaban J connectivity index is 1.44. The number of methoxy groups -OCH3 is 1. The van der Waals surface area contributed by atoms with Gasteiger partial charge >= 0.3 is 5.97 Å². The third kappa shape index (κ3) is 7.96. The van der Waals surface area contributed by atoms with E-state index in [1.165, 1.54) is 12.7 Å². The number of esters is 1. The first-order chi connectivity index (χ1) is 16.8. The maximum atomic E-state index is 12.9. The Labute approximate surface area is 216 Å². The van der Waals surface area contributed by atoms with Gasteiger partial charge in [-0.1, -0.05) is 23.7 Å². The molecule has 10 heteroatoms. The molecule has 2 amide bonds. The summed E-state index contributed by atoms with van der Waals surface area (Å²) in [6, 6.07) is 13.7. The molecule has 0 spiro atoms. The number of anilines is 1. The number of benzene rings is 2. The van der Waals surface area contributed by atoms with Crippen LogP contribution in [0, 0.1) is 0 Å². The molecule has 0 bridgehead atoms. The van der Waals surface area contributed by atoms with Crippen LogP contribution in [0.5, 0.6) is 0 Å². The van der Waals surface area contributed by atoms with Crippen LogP contribution in [-0.2, 0) is 20.7 Å². The maximum absolute atomic E-state index is 12.9. The zero-order chi connectivity index (χ0) is 25.4. The zero-order valence-corrected chi connectivity index (χ0v) is 21.3. The van der Waals surface area contributed by atoms with E-state index in [9.17, 15) is 14.4 Å². The SMILES string of the molecule is COC(=O)C(N)C[C@@H](S)C(=O)Nc1ccc(C(=O)N2CCN(CCc3ccc(Cl)cc3)CC2)cc1. The van der Waals surface area contributed by atoms with E-state index < -0.39 is 17.3 Å². The van der Waals surface area contributed by atoms with Crippen LogP contribution in [0.25, 0.3) is 0 Å². The number of piperazine rings is 1. The topological polar surface area (TPSA) is 105 Å². The van der Waals surface area contributed by atoms with Crippen molar-refractivity contribution < 1.29 is 19.1 Å². The second-order valence-corrected chi connectivity index (χ2v) is 9.52. The summed E-state index contributed by atoms with van der Waals surface area (Å²) in [5.74, 6) is -1.01. The van der Waals surface area contributed by atoms with E-state index in [2.05, 4.69) is 27.6 Å². The molecule has 0 aliphatic carbocycles. The fourth-order valence-corrected chi connectivity index (χ4v) is 4.23. The highest BCUT2D eigenvalue weighted by atomic mass is 35.5. The minimum absolute atomic E-state index is 0.0312. The predicted octanol–water partition coefficient (Wildman–Crippen LogP) is 2.47. The van der Waals surface area contributed by atoms with Crippen LogP contribution >= 0.6 is 24.2 Å². The van der Waals surface area contributed by atoms with E-state index in [-0.39, 0.29) is 18.2 Å². The Bertz CT molecular complexity index is 1010. The minimum atomic E-state index is -0.925. The molecule has 3 rings (SSSR count). The normalized spacial score (nSPS) is 15.8. The molecule has 8 nitrogen and oxygen atoms in total. The van der Waals surface area contributed by atoms with E-state index >= 15 is 0 Å². The van der Waals surface area contributed by atoms with Crippen LogP contribution in [-0.4, -0.2) is 78.7 Å². The van der Waals surface area contributed by atoms with Gasteiger partial charge in [0.2, 0.25) is 5.91 Å². The molecule has 1 unspecified atom stereocenters. The molecule has 1 saturated heterocycles. The van der Waals surface area contributed by atoms with Gasteiger partial charge in [-0.05, 0) is 54.8 Å². The lowest BCUT2D eigenvalue weighted by Crippen LogP contribution is -2.49. The van der Waals surface area contributed by atoms with Gasteiger partial charge in [-0.2, -0.15) is 12.6 Å². The molecule has 1 heterocycles. The molecule has 2 atom stereocenters. The largest absolute Gasteiger partial charge is 0.468 e. The Morgan fingerprint density at radius 1 is 1.06 bits per heavy atom. The molecule has 1 aliphatic rings. The molecule has 188 valence electrons. The van der Waals surface area contributed by atoms with Crippen LogP contribution < -0.4 is 11.1 Å². The Morgan fingerprint density at radius 2 is 1.69 bits per heavy atom. The number of carbonyl (C=O) groups is 3. The van der Waals surface area contributed by atoms with Crippen LogP contribution in [0.1, 0.15) is 22.3 Å². The first-order valence-electron chi connectivity index (χ1n) is 11.5. The van der Waals surface area contributed by atoms with Crippen molar-refractivity contribution in [1.82, 2.24) is 9.80 Å². The van der Waals surface area contributed by atoms with E-state index in [4.69, 9.17) is 17.3 Å². The van der Waals surface area contributed by atoms with Crippen molar-refractivity contribution in [3.63, 3.8) is 0 Å². The van der Waals surface area contributed by atoms with E-state index in [0.29, 0.717) is 24.3 Å². The number of carbonyl (C=O) groups excluding carboxylic acids is 3. The smallest absolute Gasteiger partial charge is 0.322 e. The van der Waals surface area contributed by atoms with Gasteiger partial charge in [-0.3, -0.25) is 19.3 Å². The van der Waals surface area contributed by atoms with Gasteiger partial charge in [-0.25, -0.2) is 0 Å². The molecule has 2 aromatic rings. The molecule has 3 N–H and O–H groups in total. The summed E-state index contributed by atoms with van der Waals surface area (Å²) < 4.78 is 4.56. The number of nitrogens with zero attached hydrogens (tertiary/aromatic N) is 2. The highest BCUT2D eigenvalue weighted by Crippen LogP contribution is 2.16. The van der Waals surface area contributed by atoms with E-state index in [1.807, 2.05) is 29.2 Å². The van der Waals surface area contributed by atoms with Crippen molar-refractivity contribution in [2.75, 3.05) is 45.2 Å².